The highest BCUT2D eigenvalue weighted by Gasteiger charge is 2.27. The lowest BCUT2D eigenvalue weighted by Gasteiger charge is -2.29. The van der Waals surface area contributed by atoms with Gasteiger partial charge in [0.2, 0.25) is 6.79 Å². The minimum atomic E-state index is 0.127. The van der Waals surface area contributed by atoms with E-state index in [1.807, 2.05) is 6.07 Å². The van der Waals surface area contributed by atoms with Crippen LogP contribution in [0.1, 0.15) is 5.56 Å². The Bertz CT molecular complexity index is 1010. The molecule has 0 atom stereocenters. The van der Waals surface area contributed by atoms with Gasteiger partial charge in [-0.3, -0.25) is 0 Å². The zero-order chi connectivity index (χ0) is 16.4. The predicted molar refractivity (Wildman–Crippen MR) is 92.8 cm³/mol. The summed E-state index contributed by atoms with van der Waals surface area (Å²) in [6, 6.07) is 7.88. The quantitative estimate of drug-likeness (QED) is 0.695. The molecule has 122 valence electrons. The second-order valence-electron chi connectivity index (χ2n) is 6.33. The van der Waals surface area contributed by atoms with Crippen molar-refractivity contribution in [3.63, 3.8) is 0 Å². The number of hydrogen-bond acceptors (Lipinski definition) is 5. The molecule has 5 heteroatoms. The molecule has 0 amide bonds. The monoisotopic (exact) mass is 323 g/mol. The summed E-state index contributed by atoms with van der Waals surface area (Å²) in [6.45, 7) is 1.19. The fourth-order valence-electron chi connectivity index (χ4n) is 3.86. The Labute approximate surface area is 139 Å². The van der Waals surface area contributed by atoms with Crippen LogP contribution < -0.4 is 19.1 Å². The largest absolute Gasteiger partial charge is 0.504 e. The van der Waals surface area contributed by atoms with E-state index in [2.05, 4.69) is 24.1 Å². The van der Waals surface area contributed by atoms with Crippen LogP contribution in [0.2, 0.25) is 0 Å². The molecular weight excluding hydrogens is 306 g/mol. The average Bonchev–Trinajstić information content (AvgIpc) is 3.05. The van der Waals surface area contributed by atoms with E-state index < -0.39 is 0 Å². The number of phenols is 1. The molecule has 5 rings (SSSR count). The molecule has 0 unspecified atom stereocenters. The fourth-order valence-corrected chi connectivity index (χ4v) is 3.86. The Balaban J connectivity index is 2.02. The van der Waals surface area contributed by atoms with Crippen molar-refractivity contribution in [3.05, 3.63) is 29.8 Å². The fraction of sp³-hybridized carbons (Fsp3) is 0.263. The molecule has 1 N–H and O–H groups in total. The SMILES string of the molecule is COc1cc2cc3c4c(cc5c(c4c2cc1O)OCO5)CCN3C. The molecule has 0 fully saturated rings. The van der Waals surface area contributed by atoms with Gasteiger partial charge >= 0.3 is 0 Å². The van der Waals surface area contributed by atoms with Crippen molar-refractivity contribution in [1.82, 2.24) is 0 Å². The molecule has 3 aromatic rings. The summed E-state index contributed by atoms with van der Waals surface area (Å²) in [5, 5.41) is 14.4. The Morgan fingerprint density at radius 3 is 2.83 bits per heavy atom. The second-order valence-corrected chi connectivity index (χ2v) is 6.33. The minimum absolute atomic E-state index is 0.127. The van der Waals surface area contributed by atoms with Gasteiger partial charge in [0.1, 0.15) is 0 Å². The topological polar surface area (TPSA) is 51.2 Å². The van der Waals surface area contributed by atoms with Crippen LogP contribution in [0.3, 0.4) is 0 Å². The molecule has 0 aromatic heterocycles. The van der Waals surface area contributed by atoms with Crippen molar-refractivity contribution in [2.45, 2.75) is 6.42 Å². The number of aromatic hydroxyl groups is 1. The van der Waals surface area contributed by atoms with Gasteiger partial charge < -0.3 is 24.2 Å². The normalized spacial score (nSPS) is 15.3. The van der Waals surface area contributed by atoms with Crippen LogP contribution in [-0.2, 0) is 6.42 Å². The van der Waals surface area contributed by atoms with Gasteiger partial charge in [-0.25, -0.2) is 0 Å². The summed E-state index contributed by atoms with van der Waals surface area (Å²) in [5.41, 5.74) is 2.43. The van der Waals surface area contributed by atoms with E-state index >= 15 is 0 Å². The number of fused-ring (bicyclic) bond motifs is 4. The van der Waals surface area contributed by atoms with E-state index in [9.17, 15) is 5.11 Å². The Morgan fingerprint density at radius 1 is 1.12 bits per heavy atom. The molecule has 2 heterocycles. The molecule has 2 aliphatic heterocycles. The van der Waals surface area contributed by atoms with Gasteiger partial charge in [0, 0.05) is 30.1 Å². The predicted octanol–water partition coefficient (Wildman–Crippen LogP) is 3.43. The van der Waals surface area contributed by atoms with E-state index in [0.29, 0.717) is 5.75 Å². The van der Waals surface area contributed by atoms with Crippen LogP contribution in [0.4, 0.5) is 5.69 Å². The first kappa shape index (κ1) is 13.6. The van der Waals surface area contributed by atoms with Crippen LogP contribution in [0.15, 0.2) is 24.3 Å². The highest BCUT2D eigenvalue weighted by molar-refractivity contribution is 6.18. The average molecular weight is 323 g/mol. The van der Waals surface area contributed by atoms with Crippen molar-refractivity contribution in [3.8, 4) is 23.0 Å². The number of anilines is 1. The lowest BCUT2D eigenvalue weighted by molar-refractivity contribution is 0.175. The van der Waals surface area contributed by atoms with Crippen LogP contribution in [-0.4, -0.2) is 32.6 Å². The van der Waals surface area contributed by atoms with Crippen LogP contribution in [0, 0.1) is 0 Å². The molecule has 0 radical (unpaired) electrons. The van der Waals surface area contributed by atoms with E-state index in [-0.39, 0.29) is 12.5 Å². The van der Waals surface area contributed by atoms with Gasteiger partial charge in [0.05, 0.1) is 7.11 Å². The number of nitrogens with zero attached hydrogens (tertiary/aromatic N) is 1. The van der Waals surface area contributed by atoms with Gasteiger partial charge in [-0.1, -0.05) is 0 Å². The maximum absolute atomic E-state index is 10.3. The molecule has 5 nitrogen and oxygen atoms in total. The standard InChI is InChI=1S/C19H17NO4/c1-20-4-3-10-6-16-19(24-9-23-16)18-12-8-14(21)15(22-2)7-11(12)5-13(20)17(10)18/h5-8,21H,3-4,9H2,1-2H3. The lowest BCUT2D eigenvalue weighted by atomic mass is 9.91. The Hall–Kier alpha value is -2.82. The molecule has 0 saturated heterocycles. The third-order valence-corrected chi connectivity index (χ3v) is 5.04. The third kappa shape index (κ3) is 1.64. The van der Waals surface area contributed by atoms with Crippen molar-refractivity contribution in [2.24, 2.45) is 0 Å². The molecule has 3 aromatic carbocycles. The minimum Gasteiger partial charge on any atom is -0.504 e. The maximum atomic E-state index is 10.3. The van der Waals surface area contributed by atoms with Crippen LogP contribution in [0.25, 0.3) is 21.5 Å². The molecule has 0 aliphatic carbocycles. The highest BCUT2D eigenvalue weighted by atomic mass is 16.7. The summed E-state index contributed by atoms with van der Waals surface area (Å²) in [4.78, 5) is 2.26. The first-order valence-electron chi connectivity index (χ1n) is 7.97. The van der Waals surface area contributed by atoms with Gasteiger partial charge in [-0.2, -0.15) is 0 Å². The summed E-state index contributed by atoms with van der Waals surface area (Å²) >= 11 is 0. The maximum Gasteiger partial charge on any atom is 0.231 e. The van der Waals surface area contributed by atoms with E-state index in [1.165, 1.54) is 16.6 Å². The highest BCUT2D eigenvalue weighted by Crippen LogP contribution is 2.50. The van der Waals surface area contributed by atoms with Crippen molar-refractivity contribution < 1.29 is 19.3 Å². The van der Waals surface area contributed by atoms with E-state index in [1.54, 1.807) is 13.2 Å². The first-order chi connectivity index (χ1) is 11.7. The molecular formula is C19H17NO4. The molecule has 0 bridgehead atoms. The van der Waals surface area contributed by atoms with Gasteiger partial charge in [-0.05, 0) is 47.0 Å². The zero-order valence-corrected chi connectivity index (χ0v) is 13.5. The van der Waals surface area contributed by atoms with E-state index in [4.69, 9.17) is 14.2 Å². The lowest BCUT2D eigenvalue weighted by Crippen LogP contribution is -2.24. The summed E-state index contributed by atoms with van der Waals surface area (Å²) in [5.74, 6) is 2.15. The smallest absolute Gasteiger partial charge is 0.231 e. The van der Waals surface area contributed by atoms with Gasteiger partial charge in [0.15, 0.2) is 23.0 Å². The van der Waals surface area contributed by atoms with Gasteiger partial charge in [0.25, 0.3) is 0 Å². The molecule has 24 heavy (non-hydrogen) atoms. The van der Waals surface area contributed by atoms with Crippen LogP contribution >= 0.6 is 0 Å². The number of likely N-dealkylation sites (N-methyl/N-ethyl adjacent to an activating group) is 1. The number of methoxy groups -OCH3 is 1. The number of rotatable bonds is 1. The molecule has 0 saturated carbocycles. The molecule has 2 aliphatic rings. The zero-order valence-electron chi connectivity index (χ0n) is 13.5. The van der Waals surface area contributed by atoms with Crippen LogP contribution in [0.5, 0.6) is 23.0 Å². The number of phenolic OH excluding ortho intramolecular Hbond substituents is 1. The van der Waals surface area contributed by atoms with Crippen molar-refractivity contribution in [1.29, 1.82) is 0 Å². The number of benzene rings is 3. The number of ether oxygens (including phenoxy) is 3. The third-order valence-electron chi connectivity index (χ3n) is 5.04. The van der Waals surface area contributed by atoms with Crippen molar-refractivity contribution >= 4 is 27.2 Å². The van der Waals surface area contributed by atoms with E-state index in [0.717, 1.165) is 40.6 Å². The van der Waals surface area contributed by atoms with Crippen molar-refractivity contribution in [2.75, 3.05) is 32.4 Å². The number of hydrogen-bond donors (Lipinski definition) is 1. The first-order valence-corrected chi connectivity index (χ1v) is 7.97. The summed E-state index contributed by atoms with van der Waals surface area (Å²) < 4.78 is 16.7. The Morgan fingerprint density at radius 2 is 2.00 bits per heavy atom. The van der Waals surface area contributed by atoms with Gasteiger partial charge in [-0.15, -0.1) is 0 Å². The molecule has 0 spiro atoms. The summed E-state index contributed by atoms with van der Waals surface area (Å²) in [6.07, 6.45) is 0.963. The Kier molecular flexibility index (Phi) is 2.61. The summed E-state index contributed by atoms with van der Waals surface area (Å²) in [7, 11) is 3.66. The second kappa shape index (κ2) is 4.60.